The summed E-state index contributed by atoms with van der Waals surface area (Å²) in [7, 11) is 0. The Kier molecular flexibility index (Phi) is 12.8. The number of carboxylic acid groups (broad SMARTS) is 1. The highest BCUT2D eigenvalue weighted by Crippen LogP contribution is 2.29. The smallest absolute Gasteiger partial charge is 0.303 e. The van der Waals surface area contributed by atoms with Crippen molar-refractivity contribution in [3.8, 4) is 0 Å². The molecule has 4 nitrogen and oxygen atoms in total. The first-order chi connectivity index (χ1) is 12.6. The lowest BCUT2D eigenvalue weighted by Crippen LogP contribution is -2.13. The van der Waals surface area contributed by atoms with Gasteiger partial charge < -0.3 is 14.9 Å². The number of carbonyl (C=O) groups is 1. The van der Waals surface area contributed by atoms with Crippen molar-refractivity contribution in [1.82, 2.24) is 0 Å². The Hall–Kier alpha value is -1.39. The minimum atomic E-state index is -0.714. The maximum absolute atomic E-state index is 10.4. The molecule has 1 aliphatic heterocycles. The Morgan fingerprint density at radius 2 is 1.73 bits per heavy atom. The molecule has 26 heavy (non-hydrogen) atoms. The van der Waals surface area contributed by atoms with E-state index in [9.17, 15) is 9.90 Å². The number of epoxide rings is 1. The van der Waals surface area contributed by atoms with Crippen molar-refractivity contribution in [2.24, 2.45) is 0 Å². The second kappa shape index (κ2) is 14.7. The maximum atomic E-state index is 10.4. The summed E-state index contributed by atoms with van der Waals surface area (Å²) in [6, 6.07) is 0. The van der Waals surface area contributed by atoms with E-state index in [0.29, 0.717) is 0 Å². The molecule has 4 heteroatoms. The maximum Gasteiger partial charge on any atom is 0.303 e. The molecule has 0 saturated carbocycles. The molecule has 0 radical (unpaired) electrons. The number of unbranched alkanes of at least 4 members (excludes halogenated alkanes) is 6. The number of carboxylic acids is 1. The summed E-state index contributed by atoms with van der Waals surface area (Å²) < 4.78 is 5.54. The van der Waals surface area contributed by atoms with Crippen molar-refractivity contribution in [1.29, 1.82) is 0 Å². The van der Waals surface area contributed by atoms with E-state index in [1.165, 1.54) is 19.3 Å². The molecule has 0 amide bonds. The van der Waals surface area contributed by atoms with Crippen LogP contribution in [-0.4, -0.2) is 34.5 Å². The van der Waals surface area contributed by atoms with Crippen LogP contribution in [0.25, 0.3) is 0 Å². The van der Waals surface area contributed by atoms with Crippen LogP contribution in [0, 0.1) is 0 Å². The molecular formula is C22H36O4. The van der Waals surface area contributed by atoms with Crippen LogP contribution in [0.3, 0.4) is 0 Å². The molecule has 0 aromatic carbocycles. The van der Waals surface area contributed by atoms with E-state index in [2.05, 4.69) is 31.2 Å². The van der Waals surface area contributed by atoms with E-state index in [1.54, 1.807) is 0 Å². The van der Waals surface area contributed by atoms with E-state index in [4.69, 9.17) is 9.84 Å². The highest BCUT2D eigenvalue weighted by Gasteiger charge is 2.42. The van der Waals surface area contributed by atoms with E-state index in [0.717, 1.165) is 44.9 Å². The first-order valence-electron chi connectivity index (χ1n) is 10.2. The topological polar surface area (TPSA) is 70.1 Å². The van der Waals surface area contributed by atoms with Gasteiger partial charge in [0.25, 0.3) is 0 Å². The fourth-order valence-corrected chi connectivity index (χ4v) is 2.84. The number of hydrogen-bond donors (Lipinski definition) is 2. The molecule has 1 aliphatic rings. The number of aliphatic carboxylic acids is 1. The summed E-state index contributed by atoms with van der Waals surface area (Å²) in [6.07, 6.45) is 22.6. The lowest BCUT2D eigenvalue weighted by molar-refractivity contribution is -0.137. The molecule has 1 heterocycles. The number of ether oxygens (including phenoxy) is 1. The zero-order valence-electron chi connectivity index (χ0n) is 16.2. The van der Waals surface area contributed by atoms with Crippen LogP contribution in [0.1, 0.15) is 77.6 Å². The average Bonchev–Trinajstić information content (AvgIpc) is 3.39. The Labute approximate surface area is 158 Å². The summed E-state index contributed by atoms with van der Waals surface area (Å²) in [6.45, 7) is 2.21. The van der Waals surface area contributed by atoms with Crippen LogP contribution < -0.4 is 0 Å². The van der Waals surface area contributed by atoms with Crippen LogP contribution in [0.4, 0.5) is 0 Å². The minimum absolute atomic E-state index is 0.0512. The second-order valence-electron chi connectivity index (χ2n) is 6.96. The zero-order valence-corrected chi connectivity index (χ0v) is 16.2. The van der Waals surface area contributed by atoms with Crippen molar-refractivity contribution in [2.75, 3.05) is 0 Å². The van der Waals surface area contributed by atoms with Gasteiger partial charge in [-0.05, 0) is 44.9 Å². The van der Waals surface area contributed by atoms with Gasteiger partial charge in [-0.2, -0.15) is 0 Å². The van der Waals surface area contributed by atoms with Crippen LogP contribution in [0.15, 0.2) is 36.5 Å². The van der Waals surface area contributed by atoms with Crippen LogP contribution in [0.5, 0.6) is 0 Å². The number of hydrogen-bond acceptors (Lipinski definition) is 3. The van der Waals surface area contributed by atoms with Gasteiger partial charge in [0, 0.05) is 6.42 Å². The molecule has 0 aromatic heterocycles. The molecule has 0 bridgehead atoms. The van der Waals surface area contributed by atoms with Gasteiger partial charge in [-0.1, -0.05) is 62.6 Å². The van der Waals surface area contributed by atoms with Gasteiger partial charge >= 0.3 is 5.97 Å². The first kappa shape index (κ1) is 22.7. The minimum Gasteiger partial charge on any atom is -0.481 e. The van der Waals surface area contributed by atoms with E-state index in [-0.39, 0.29) is 18.6 Å². The first-order valence-corrected chi connectivity index (χ1v) is 10.2. The van der Waals surface area contributed by atoms with Gasteiger partial charge in [-0.3, -0.25) is 4.79 Å². The van der Waals surface area contributed by atoms with Crippen molar-refractivity contribution < 1.29 is 19.7 Å². The van der Waals surface area contributed by atoms with Gasteiger partial charge in [0.05, 0.1) is 6.10 Å². The fourth-order valence-electron chi connectivity index (χ4n) is 2.84. The lowest BCUT2D eigenvalue weighted by Gasteiger charge is -1.99. The predicted molar refractivity (Wildman–Crippen MR) is 106 cm³/mol. The number of aliphatic hydroxyl groups excluding tert-OH is 1. The molecule has 0 aliphatic carbocycles. The van der Waals surface area contributed by atoms with Crippen LogP contribution >= 0.6 is 0 Å². The SMILES string of the molecule is CCCCCC=CCC1OC1C(O)C=CCC=CCCCCCC(=O)O. The average molecular weight is 365 g/mol. The highest BCUT2D eigenvalue weighted by atomic mass is 16.6. The van der Waals surface area contributed by atoms with E-state index in [1.807, 2.05) is 12.2 Å². The molecule has 2 N–H and O–H groups in total. The Morgan fingerprint density at radius 3 is 2.46 bits per heavy atom. The fraction of sp³-hybridized carbons (Fsp3) is 0.682. The monoisotopic (exact) mass is 364 g/mol. The molecule has 3 unspecified atom stereocenters. The summed E-state index contributed by atoms with van der Waals surface area (Å²) in [5.41, 5.74) is 0. The second-order valence-corrected chi connectivity index (χ2v) is 6.96. The standard InChI is InChI=1S/C22H36O4/c1-2-3-4-5-11-14-17-20-22(26-20)19(23)16-13-10-8-6-7-9-12-15-18-21(24)25/h6,8,11,13-14,16,19-20,22-23H,2-5,7,9-10,12,15,17-18H2,1H3,(H,24,25). The summed E-state index contributed by atoms with van der Waals surface area (Å²) >= 11 is 0. The number of rotatable bonds is 16. The van der Waals surface area contributed by atoms with Crippen molar-refractivity contribution in [2.45, 2.75) is 95.9 Å². The molecule has 3 atom stereocenters. The molecule has 148 valence electrons. The quantitative estimate of drug-likeness (QED) is 0.225. The summed E-state index contributed by atoms with van der Waals surface area (Å²) in [5, 5.41) is 18.6. The largest absolute Gasteiger partial charge is 0.481 e. The van der Waals surface area contributed by atoms with E-state index < -0.39 is 12.1 Å². The van der Waals surface area contributed by atoms with Crippen molar-refractivity contribution >= 4 is 5.97 Å². The van der Waals surface area contributed by atoms with Gasteiger partial charge in [0.2, 0.25) is 0 Å². The Bertz CT molecular complexity index is 453. The third kappa shape index (κ3) is 12.0. The Balaban J connectivity index is 1.99. The van der Waals surface area contributed by atoms with E-state index >= 15 is 0 Å². The third-order valence-corrected chi connectivity index (χ3v) is 4.50. The molecule has 1 fully saturated rings. The predicted octanol–water partition coefficient (Wildman–Crippen LogP) is 5.18. The highest BCUT2D eigenvalue weighted by molar-refractivity contribution is 5.66. The lowest BCUT2D eigenvalue weighted by atomic mass is 10.1. The zero-order chi connectivity index (χ0) is 19.0. The summed E-state index contributed by atoms with van der Waals surface area (Å²) in [4.78, 5) is 10.4. The van der Waals surface area contributed by atoms with Crippen LogP contribution in [0.2, 0.25) is 0 Å². The van der Waals surface area contributed by atoms with Crippen LogP contribution in [-0.2, 0) is 9.53 Å². The van der Waals surface area contributed by atoms with Gasteiger partial charge in [-0.15, -0.1) is 0 Å². The van der Waals surface area contributed by atoms with Gasteiger partial charge in [0.15, 0.2) is 0 Å². The van der Waals surface area contributed by atoms with Crippen molar-refractivity contribution in [3.63, 3.8) is 0 Å². The Morgan fingerprint density at radius 1 is 1.00 bits per heavy atom. The molecular weight excluding hydrogens is 328 g/mol. The normalized spacial score (nSPS) is 21.2. The molecule has 1 saturated heterocycles. The van der Waals surface area contributed by atoms with Crippen molar-refractivity contribution in [3.05, 3.63) is 36.5 Å². The summed E-state index contributed by atoms with van der Waals surface area (Å²) in [5.74, 6) is -0.714. The van der Waals surface area contributed by atoms with Gasteiger partial charge in [-0.25, -0.2) is 0 Å². The third-order valence-electron chi connectivity index (χ3n) is 4.50. The molecule has 0 aromatic rings. The number of aliphatic hydroxyl groups is 1. The molecule has 0 spiro atoms. The molecule has 1 rings (SSSR count). The van der Waals surface area contributed by atoms with Gasteiger partial charge in [0.1, 0.15) is 12.2 Å². The number of allylic oxidation sites excluding steroid dienone is 4.